The van der Waals surface area contributed by atoms with Gasteiger partial charge < -0.3 is 14.6 Å². The Hall–Kier alpha value is -1.55. The molecule has 0 saturated carbocycles. The van der Waals surface area contributed by atoms with Crippen LogP contribution in [-0.2, 0) is 12.6 Å². The van der Waals surface area contributed by atoms with Crippen LogP contribution in [0.5, 0.6) is 5.75 Å². The minimum Gasteiger partial charge on any atom is -0.497 e. The SMILES string of the molecule is COc1ccc2c(c1)nc(C1(C)CCCN1)n2C. The van der Waals surface area contributed by atoms with E-state index in [1.54, 1.807) is 7.11 Å². The van der Waals surface area contributed by atoms with E-state index in [4.69, 9.17) is 9.72 Å². The molecule has 18 heavy (non-hydrogen) atoms. The van der Waals surface area contributed by atoms with Gasteiger partial charge in [0.25, 0.3) is 0 Å². The lowest BCUT2D eigenvalue weighted by atomic mass is 9.99. The Morgan fingerprint density at radius 1 is 1.44 bits per heavy atom. The maximum absolute atomic E-state index is 5.26. The molecule has 1 atom stereocenters. The molecule has 2 aromatic rings. The van der Waals surface area contributed by atoms with Gasteiger partial charge in [-0.15, -0.1) is 0 Å². The summed E-state index contributed by atoms with van der Waals surface area (Å²) >= 11 is 0. The predicted molar refractivity (Wildman–Crippen MR) is 71.9 cm³/mol. The molecule has 1 unspecified atom stereocenters. The summed E-state index contributed by atoms with van der Waals surface area (Å²) in [6.07, 6.45) is 2.35. The summed E-state index contributed by atoms with van der Waals surface area (Å²) in [7, 11) is 3.77. The topological polar surface area (TPSA) is 39.1 Å². The van der Waals surface area contributed by atoms with E-state index >= 15 is 0 Å². The largest absolute Gasteiger partial charge is 0.497 e. The zero-order chi connectivity index (χ0) is 12.8. The Kier molecular flexibility index (Phi) is 2.55. The highest BCUT2D eigenvalue weighted by Gasteiger charge is 2.34. The molecule has 0 aliphatic carbocycles. The summed E-state index contributed by atoms with van der Waals surface area (Å²) in [5.41, 5.74) is 2.16. The van der Waals surface area contributed by atoms with Crippen molar-refractivity contribution in [2.75, 3.05) is 13.7 Å². The molecule has 0 radical (unpaired) electrons. The van der Waals surface area contributed by atoms with E-state index in [1.807, 2.05) is 12.1 Å². The Morgan fingerprint density at radius 2 is 2.28 bits per heavy atom. The van der Waals surface area contributed by atoms with Gasteiger partial charge in [0.15, 0.2) is 0 Å². The molecule has 1 aromatic carbocycles. The smallest absolute Gasteiger partial charge is 0.129 e. The molecular formula is C14H19N3O. The predicted octanol–water partition coefficient (Wildman–Crippen LogP) is 2.18. The molecule has 1 saturated heterocycles. The Morgan fingerprint density at radius 3 is 2.94 bits per heavy atom. The van der Waals surface area contributed by atoms with Crippen molar-refractivity contribution in [3.8, 4) is 5.75 Å². The van der Waals surface area contributed by atoms with E-state index in [9.17, 15) is 0 Å². The zero-order valence-corrected chi connectivity index (χ0v) is 11.2. The third-order valence-corrected chi connectivity index (χ3v) is 3.95. The highest BCUT2D eigenvalue weighted by Crippen LogP contribution is 2.32. The van der Waals surface area contributed by atoms with Crippen LogP contribution in [0.4, 0.5) is 0 Å². The van der Waals surface area contributed by atoms with Gasteiger partial charge in [0.2, 0.25) is 0 Å². The zero-order valence-electron chi connectivity index (χ0n) is 11.2. The minimum atomic E-state index is 0.000997. The van der Waals surface area contributed by atoms with Gasteiger partial charge in [-0.05, 0) is 38.4 Å². The van der Waals surface area contributed by atoms with Gasteiger partial charge >= 0.3 is 0 Å². The van der Waals surface area contributed by atoms with Crippen LogP contribution in [0, 0.1) is 0 Å². The van der Waals surface area contributed by atoms with Crippen LogP contribution in [-0.4, -0.2) is 23.2 Å². The van der Waals surface area contributed by atoms with Crippen molar-refractivity contribution in [3.05, 3.63) is 24.0 Å². The normalized spacial score (nSPS) is 23.7. The molecule has 0 bridgehead atoms. The summed E-state index contributed by atoms with van der Waals surface area (Å²) in [6.45, 7) is 3.31. The Bertz CT molecular complexity index is 582. The summed E-state index contributed by atoms with van der Waals surface area (Å²) < 4.78 is 7.44. The van der Waals surface area contributed by atoms with E-state index in [0.29, 0.717) is 0 Å². The van der Waals surface area contributed by atoms with E-state index in [1.165, 1.54) is 6.42 Å². The average molecular weight is 245 g/mol. The molecule has 1 aliphatic heterocycles. The van der Waals surface area contributed by atoms with Crippen LogP contribution in [0.25, 0.3) is 11.0 Å². The van der Waals surface area contributed by atoms with Gasteiger partial charge in [0.05, 0.1) is 23.7 Å². The van der Waals surface area contributed by atoms with Crippen LogP contribution in [0.3, 0.4) is 0 Å². The van der Waals surface area contributed by atoms with Crippen molar-refractivity contribution in [2.45, 2.75) is 25.3 Å². The number of hydrogen-bond donors (Lipinski definition) is 1. The lowest BCUT2D eigenvalue weighted by Crippen LogP contribution is -2.35. The first-order valence-electron chi connectivity index (χ1n) is 6.40. The second kappa shape index (κ2) is 3.99. The van der Waals surface area contributed by atoms with Gasteiger partial charge in [0, 0.05) is 13.1 Å². The third kappa shape index (κ3) is 1.60. The van der Waals surface area contributed by atoms with Crippen molar-refractivity contribution in [1.29, 1.82) is 0 Å². The highest BCUT2D eigenvalue weighted by atomic mass is 16.5. The molecule has 0 spiro atoms. The number of nitrogens with zero attached hydrogens (tertiary/aromatic N) is 2. The number of imidazole rings is 1. The molecule has 96 valence electrons. The number of aryl methyl sites for hydroxylation is 1. The van der Waals surface area contributed by atoms with E-state index in [-0.39, 0.29) is 5.54 Å². The minimum absolute atomic E-state index is 0.000997. The second-order valence-corrected chi connectivity index (χ2v) is 5.21. The molecule has 1 aromatic heterocycles. The molecule has 4 heteroatoms. The maximum atomic E-state index is 5.26. The van der Waals surface area contributed by atoms with Crippen LogP contribution >= 0.6 is 0 Å². The standard InChI is InChI=1S/C14H19N3O/c1-14(7-4-8-15-14)13-16-11-9-10(18-3)5-6-12(11)17(13)2/h5-6,9,15H,4,7-8H2,1-3H3. The first-order valence-corrected chi connectivity index (χ1v) is 6.40. The molecule has 1 aliphatic rings. The van der Waals surface area contributed by atoms with E-state index in [2.05, 4.69) is 29.9 Å². The first kappa shape index (κ1) is 11.5. The van der Waals surface area contributed by atoms with Crippen LogP contribution in [0.2, 0.25) is 0 Å². The van der Waals surface area contributed by atoms with Crippen molar-refractivity contribution >= 4 is 11.0 Å². The average Bonchev–Trinajstić information content (AvgIpc) is 2.95. The summed E-state index contributed by atoms with van der Waals surface area (Å²) in [5.74, 6) is 1.97. The summed E-state index contributed by atoms with van der Waals surface area (Å²) in [6, 6.07) is 6.05. The van der Waals surface area contributed by atoms with Gasteiger partial charge in [0.1, 0.15) is 11.6 Å². The van der Waals surface area contributed by atoms with E-state index < -0.39 is 0 Å². The Labute approximate surface area is 107 Å². The fourth-order valence-electron chi connectivity index (χ4n) is 2.89. The number of benzene rings is 1. The molecule has 1 fully saturated rings. The fourth-order valence-corrected chi connectivity index (χ4v) is 2.89. The first-order chi connectivity index (χ1) is 8.64. The lowest BCUT2D eigenvalue weighted by Gasteiger charge is -2.23. The number of methoxy groups -OCH3 is 1. The Balaban J connectivity index is 2.16. The molecule has 3 rings (SSSR count). The number of fused-ring (bicyclic) bond motifs is 1. The molecule has 4 nitrogen and oxygen atoms in total. The van der Waals surface area contributed by atoms with Gasteiger partial charge in [-0.1, -0.05) is 0 Å². The quantitative estimate of drug-likeness (QED) is 0.881. The van der Waals surface area contributed by atoms with Gasteiger partial charge in [-0.25, -0.2) is 4.98 Å². The second-order valence-electron chi connectivity index (χ2n) is 5.21. The number of nitrogens with one attached hydrogen (secondary N) is 1. The molecule has 1 N–H and O–H groups in total. The van der Waals surface area contributed by atoms with Crippen LogP contribution in [0.1, 0.15) is 25.6 Å². The summed E-state index contributed by atoms with van der Waals surface area (Å²) in [4.78, 5) is 4.80. The monoisotopic (exact) mass is 245 g/mol. The number of aromatic nitrogens is 2. The molecule has 0 amide bonds. The number of rotatable bonds is 2. The molecule has 2 heterocycles. The number of ether oxygens (including phenoxy) is 1. The van der Waals surface area contributed by atoms with Gasteiger partial charge in [-0.3, -0.25) is 0 Å². The van der Waals surface area contributed by atoms with Gasteiger partial charge in [-0.2, -0.15) is 0 Å². The van der Waals surface area contributed by atoms with Crippen molar-refractivity contribution in [2.24, 2.45) is 7.05 Å². The van der Waals surface area contributed by atoms with Crippen LogP contribution < -0.4 is 10.1 Å². The van der Waals surface area contributed by atoms with E-state index in [0.717, 1.165) is 35.6 Å². The summed E-state index contributed by atoms with van der Waals surface area (Å²) in [5, 5.41) is 3.57. The number of hydrogen-bond acceptors (Lipinski definition) is 3. The fraction of sp³-hybridized carbons (Fsp3) is 0.500. The lowest BCUT2D eigenvalue weighted by molar-refractivity contribution is 0.397. The third-order valence-electron chi connectivity index (χ3n) is 3.95. The van der Waals surface area contributed by atoms with Crippen LogP contribution in [0.15, 0.2) is 18.2 Å². The van der Waals surface area contributed by atoms with Crippen molar-refractivity contribution < 1.29 is 4.74 Å². The maximum Gasteiger partial charge on any atom is 0.129 e. The van der Waals surface area contributed by atoms with Crippen molar-refractivity contribution in [1.82, 2.24) is 14.9 Å². The highest BCUT2D eigenvalue weighted by molar-refractivity contribution is 5.78. The van der Waals surface area contributed by atoms with Crippen molar-refractivity contribution in [3.63, 3.8) is 0 Å². The molecular weight excluding hydrogens is 226 g/mol.